The van der Waals surface area contributed by atoms with Gasteiger partial charge in [0.25, 0.3) is 18.8 Å². The van der Waals surface area contributed by atoms with Gasteiger partial charge in [-0.1, -0.05) is 41.9 Å². The van der Waals surface area contributed by atoms with Crippen LogP contribution in [-0.2, 0) is 11.3 Å². The van der Waals surface area contributed by atoms with Crippen LogP contribution < -0.4 is 11.1 Å². The summed E-state index contributed by atoms with van der Waals surface area (Å²) in [6.45, 7) is 0.920. The first-order chi connectivity index (χ1) is 16.6. The van der Waals surface area contributed by atoms with Crippen molar-refractivity contribution in [3.05, 3.63) is 63.4 Å². The van der Waals surface area contributed by atoms with Crippen LogP contribution in [0, 0.1) is 6.92 Å². The van der Waals surface area contributed by atoms with Gasteiger partial charge in [-0.15, -0.1) is 11.3 Å². The molecule has 0 aliphatic heterocycles. The molecule has 2 amide bonds. The second kappa shape index (κ2) is 9.62. The van der Waals surface area contributed by atoms with E-state index in [4.69, 9.17) is 17.3 Å². The maximum atomic E-state index is 13.5. The van der Waals surface area contributed by atoms with Crippen molar-refractivity contribution in [1.29, 1.82) is 0 Å². The standard InChI is InChI=1S/C22H16ClF4N5O2S/c1-9-15(23)17(20(26)27)31-32(9)8-13(33)30-16-14-11(10-5-3-2-4-6-10)7-12(19(24)25)29-22(14)35-18(16)21(28)34/h2-7,19-20H,8H2,1H3,(H2,28,34)(H,30,33). The van der Waals surface area contributed by atoms with E-state index < -0.39 is 42.6 Å². The Labute approximate surface area is 204 Å². The highest BCUT2D eigenvalue weighted by Gasteiger charge is 2.26. The summed E-state index contributed by atoms with van der Waals surface area (Å²) >= 11 is 6.64. The molecule has 0 atom stereocenters. The third-order valence-corrected chi connectivity index (χ3v) is 6.70. The third kappa shape index (κ3) is 4.71. The number of hydrogen-bond donors (Lipinski definition) is 2. The average molecular weight is 526 g/mol. The summed E-state index contributed by atoms with van der Waals surface area (Å²) in [4.78, 5) is 29.0. The number of carbonyl (C=O) groups is 2. The summed E-state index contributed by atoms with van der Waals surface area (Å²) < 4.78 is 54.3. The van der Waals surface area contributed by atoms with Gasteiger partial charge in [0.05, 0.1) is 16.4 Å². The van der Waals surface area contributed by atoms with E-state index in [2.05, 4.69) is 15.4 Å². The first-order valence-electron chi connectivity index (χ1n) is 10.00. The van der Waals surface area contributed by atoms with Crippen LogP contribution in [0.5, 0.6) is 0 Å². The van der Waals surface area contributed by atoms with Crippen LogP contribution in [-0.4, -0.2) is 26.6 Å². The number of nitrogens with two attached hydrogens (primary N) is 1. The molecule has 7 nitrogen and oxygen atoms in total. The number of pyridine rings is 1. The number of fused-ring (bicyclic) bond motifs is 1. The highest BCUT2D eigenvalue weighted by atomic mass is 35.5. The van der Waals surface area contributed by atoms with E-state index >= 15 is 0 Å². The van der Waals surface area contributed by atoms with Crippen LogP contribution in [0.2, 0.25) is 5.02 Å². The van der Waals surface area contributed by atoms with Gasteiger partial charge in [-0.3, -0.25) is 14.3 Å². The lowest BCUT2D eigenvalue weighted by Crippen LogP contribution is -2.22. The smallest absolute Gasteiger partial charge is 0.283 e. The van der Waals surface area contributed by atoms with Crippen LogP contribution in [0.4, 0.5) is 23.2 Å². The molecular formula is C22H16ClF4N5O2S. The van der Waals surface area contributed by atoms with Crippen molar-refractivity contribution in [2.24, 2.45) is 5.73 Å². The van der Waals surface area contributed by atoms with E-state index in [1.54, 1.807) is 30.3 Å². The SMILES string of the molecule is Cc1c(Cl)c(C(F)F)nn1CC(=O)Nc1c(C(N)=O)sc2nc(C(F)F)cc(-c3ccccc3)c12. The number of primary amides is 1. The zero-order chi connectivity index (χ0) is 25.4. The molecule has 182 valence electrons. The van der Waals surface area contributed by atoms with Crippen molar-refractivity contribution in [2.45, 2.75) is 26.3 Å². The summed E-state index contributed by atoms with van der Waals surface area (Å²) in [6.07, 6.45) is -5.81. The lowest BCUT2D eigenvalue weighted by molar-refractivity contribution is -0.116. The molecule has 0 unspecified atom stereocenters. The number of anilines is 1. The fraction of sp³-hybridized carbons (Fsp3) is 0.182. The minimum Gasteiger partial charge on any atom is -0.365 e. The molecule has 0 aliphatic carbocycles. The van der Waals surface area contributed by atoms with Gasteiger partial charge in [0.15, 0.2) is 0 Å². The summed E-state index contributed by atoms with van der Waals surface area (Å²) in [5.41, 5.74) is 5.32. The van der Waals surface area contributed by atoms with Crippen LogP contribution in [0.1, 0.15) is 39.6 Å². The van der Waals surface area contributed by atoms with E-state index in [9.17, 15) is 27.2 Å². The molecule has 4 rings (SSSR count). The number of hydrogen-bond acceptors (Lipinski definition) is 5. The molecule has 0 saturated carbocycles. The molecule has 0 spiro atoms. The van der Waals surface area contributed by atoms with Gasteiger partial charge in [-0.05, 0) is 24.1 Å². The van der Waals surface area contributed by atoms with Crippen LogP contribution >= 0.6 is 22.9 Å². The van der Waals surface area contributed by atoms with Gasteiger partial charge in [0.2, 0.25) is 5.91 Å². The number of nitrogens with zero attached hydrogens (tertiary/aromatic N) is 3. The van der Waals surface area contributed by atoms with E-state index in [0.717, 1.165) is 16.0 Å². The predicted molar refractivity (Wildman–Crippen MR) is 124 cm³/mol. The molecule has 1 aromatic carbocycles. The summed E-state index contributed by atoms with van der Waals surface area (Å²) in [7, 11) is 0. The number of benzene rings is 1. The fourth-order valence-corrected chi connectivity index (χ4v) is 4.76. The molecule has 13 heteroatoms. The highest BCUT2D eigenvalue weighted by molar-refractivity contribution is 7.21. The lowest BCUT2D eigenvalue weighted by atomic mass is 10.0. The number of carbonyl (C=O) groups excluding carboxylic acids is 2. The fourth-order valence-electron chi connectivity index (χ4n) is 3.52. The summed E-state index contributed by atoms with van der Waals surface area (Å²) in [5, 5.41) is 6.23. The minimum absolute atomic E-state index is 0.0142. The molecule has 3 heterocycles. The van der Waals surface area contributed by atoms with E-state index in [1.807, 2.05) is 0 Å². The normalized spacial score (nSPS) is 11.5. The zero-order valence-electron chi connectivity index (χ0n) is 17.9. The summed E-state index contributed by atoms with van der Waals surface area (Å²) in [5.74, 6) is -1.63. The van der Waals surface area contributed by atoms with Gasteiger partial charge in [-0.2, -0.15) is 5.10 Å². The Kier molecular flexibility index (Phi) is 6.77. The number of rotatable bonds is 7. The van der Waals surface area contributed by atoms with Crippen LogP contribution in [0.3, 0.4) is 0 Å². The van der Waals surface area contributed by atoms with Gasteiger partial charge in [0, 0.05) is 5.39 Å². The third-order valence-electron chi connectivity index (χ3n) is 5.14. The Bertz CT molecular complexity index is 1440. The lowest BCUT2D eigenvalue weighted by Gasteiger charge is -2.11. The van der Waals surface area contributed by atoms with Crippen LogP contribution in [0.15, 0.2) is 36.4 Å². The Morgan fingerprint density at radius 3 is 2.43 bits per heavy atom. The molecule has 0 saturated heterocycles. The van der Waals surface area contributed by atoms with Crippen molar-refractivity contribution in [2.75, 3.05) is 5.32 Å². The predicted octanol–water partition coefficient (Wildman–Crippen LogP) is 5.73. The molecule has 0 bridgehead atoms. The molecule has 3 aromatic heterocycles. The number of halogens is 5. The Morgan fingerprint density at radius 1 is 1.17 bits per heavy atom. The second-order valence-electron chi connectivity index (χ2n) is 7.40. The number of aromatic nitrogens is 3. The van der Waals surface area contributed by atoms with E-state index in [-0.39, 0.29) is 31.5 Å². The maximum absolute atomic E-state index is 13.5. The number of alkyl halides is 4. The molecule has 35 heavy (non-hydrogen) atoms. The maximum Gasteiger partial charge on any atom is 0.283 e. The minimum atomic E-state index is -2.93. The van der Waals surface area contributed by atoms with E-state index in [1.165, 1.54) is 13.0 Å². The first kappa shape index (κ1) is 24.6. The van der Waals surface area contributed by atoms with Gasteiger partial charge in [0.1, 0.15) is 27.6 Å². The number of amides is 2. The van der Waals surface area contributed by atoms with Crippen molar-refractivity contribution in [1.82, 2.24) is 14.8 Å². The molecule has 4 aromatic rings. The van der Waals surface area contributed by atoms with Gasteiger partial charge < -0.3 is 11.1 Å². The molecule has 3 N–H and O–H groups in total. The molecule has 0 aliphatic rings. The van der Waals surface area contributed by atoms with Gasteiger partial charge >= 0.3 is 0 Å². The molecule has 0 radical (unpaired) electrons. The molecule has 0 fully saturated rings. The summed E-state index contributed by atoms with van der Waals surface area (Å²) in [6, 6.07) is 9.69. The average Bonchev–Trinajstić information content (AvgIpc) is 3.32. The largest absolute Gasteiger partial charge is 0.365 e. The Balaban J connectivity index is 1.82. The Morgan fingerprint density at radius 2 is 1.86 bits per heavy atom. The topological polar surface area (TPSA) is 103 Å². The molecular weight excluding hydrogens is 510 g/mol. The number of thiophene rings is 1. The van der Waals surface area contributed by atoms with Crippen molar-refractivity contribution >= 4 is 50.7 Å². The monoisotopic (exact) mass is 525 g/mol. The van der Waals surface area contributed by atoms with Crippen LogP contribution in [0.25, 0.3) is 21.3 Å². The van der Waals surface area contributed by atoms with Crippen molar-refractivity contribution < 1.29 is 27.2 Å². The first-order valence-corrected chi connectivity index (χ1v) is 11.2. The second-order valence-corrected chi connectivity index (χ2v) is 8.78. The van der Waals surface area contributed by atoms with Crippen molar-refractivity contribution in [3.63, 3.8) is 0 Å². The Hall–Kier alpha value is -3.51. The number of nitrogens with one attached hydrogen (secondary N) is 1. The quantitative estimate of drug-likeness (QED) is 0.300. The zero-order valence-corrected chi connectivity index (χ0v) is 19.4. The van der Waals surface area contributed by atoms with Gasteiger partial charge in [-0.25, -0.2) is 22.5 Å². The highest BCUT2D eigenvalue weighted by Crippen LogP contribution is 2.42. The van der Waals surface area contributed by atoms with Crippen molar-refractivity contribution in [3.8, 4) is 11.1 Å². The van der Waals surface area contributed by atoms with E-state index in [0.29, 0.717) is 11.1 Å².